The van der Waals surface area contributed by atoms with Gasteiger partial charge in [-0.1, -0.05) is 30.3 Å². The standard InChI is InChI=1S/C17H15N5/c18-16-15-12-8-9-19-13(12)6-7-14(15)21-17(22-16)20-10-11-4-2-1-3-5-11/h1-9H,10,18H2,(H2,20,21,22). The summed E-state index contributed by atoms with van der Waals surface area (Å²) in [6.45, 7) is 0.690. The van der Waals surface area contributed by atoms with Crippen molar-refractivity contribution in [3.8, 4) is 0 Å². The van der Waals surface area contributed by atoms with E-state index in [2.05, 4.69) is 32.4 Å². The largest absolute Gasteiger partial charge is 0.383 e. The van der Waals surface area contributed by atoms with Crippen LogP contribution in [0.1, 0.15) is 5.56 Å². The highest BCUT2D eigenvalue weighted by atomic mass is 15.1. The first-order valence-corrected chi connectivity index (χ1v) is 7.12. The first-order chi connectivity index (χ1) is 10.8. The molecule has 4 aromatic rings. The van der Waals surface area contributed by atoms with E-state index in [0.29, 0.717) is 18.3 Å². The second-order valence-corrected chi connectivity index (χ2v) is 5.18. The number of rotatable bonds is 3. The van der Waals surface area contributed by atoms with Gasteiger partial charge in [0, 0.05) is 23.5 Å². The zero-order chi connectivity index (χ0) is 14.9. The van der Waals surface area contributed by atoms with Crippen LogP contribution in [-0.2, 0) is 6.54 Å². The Morgan fingerprint density at radius 1 is 1.05 bits per heavy atom. The van der Waals surface area contributed by atoms with Crippen molar-refractivity contribution in [3.05, 3.63) is 60.3 Å². The lowest BCUT2D eigenvalue weighted by Crippen LogP contribution is -2.06. The van der Waals surface area contributed by atoms with Gasteiger partial charge in [0.2, 0.25) is 5.95 Å². The minimum atomic E-state index is 0.503. The Hall–Kier alpha value is -3.08. The molecule has 0 unspecified atom stereocenters. The zero-order valence-electron chi connectivity index (χ0n) is 11.9. The fourth-order valence-corrected chi connectivity index (χ4v) is 2.66. The lowest BCUT2D eigenvalue weighted by molar-refractivity contribution is 1.08. The Morgan fingerprint density at radius 2 is 1.91 bits per heavy atom. The van der Waals surface area contributed by atoms with Crippen LogP contribution in [0.3, 0.4) is 0 Å². The molecule has 2 aromatic carbocycles. The van der Waals surface area contributed by atoms with Crippen molar-refractivity contribution >= 4 is 33.6 Å². The molecule has 4 rings (SSSR count). The Labute approximate surface area is 127 Å². The number of nitrogens with two attached hydrogens (primary N) is 1. The summed E-state index contributed by atoms with van der Waals surface area (Å²) < 4.78 is 0. The van der Waals surface area contributed by atoms with E-state index >= 15 is 0 Å². The maximum Gasteiger partial charge on any atom is 0.202 e. The van der Waals surface area contributed by atoms with E-state index in [0.717, 1.165) is 21.8 Å². The molecule has 108 valence electrons. The van der Waals surface area contributed by atoms with Crippen LogP contribution < -0.4 is 11.1 Å². The van der Waals surface area contributed by atoms with Crippen molar-refractivity contribution in [3.63, 3.8) is 0 Å². The fraction of sp³-hybridized carbons (Fsp3) is 0.0588. The van der Waals surface area contributed by atoms with Gasteiger partial charge in [0.1, 0.15) is 5.82 Å². The van der Waals surface area contributed by atoms with Crippen LogP contribution in [0, 0.1) is 0 Å². The number of benzene rings is 2. The van der Waals surface area contributed by atoms with Crippen LogP contribution in [0.2, 0.25) is 0 Å². The van der Waals surface area contributed by atoms with Crippen molar-refractivity contribution in [2.24, 2.45) is 0 Å². The summed E-state index contributed by atoms with van der Waals surface area (Å²) in [5.74, 6) is 1.16. The molecule has 0 bridgehead atoms. The third-order valence-corrected chi connectivity index (χ3v) is 3.72. The topological polar surface area (TPSA) is 79.6 Å². The number of nitrogens with one attached hydrogen (secondary N) is 2. The van der Waals surface area contributed by atoms with Gasteiger partial charge in [-0.25, -0.2) is 0 Å². The van der Waals surface area contributed by atoms with Crippen LogP contribution in [-0.4, -0.2) is 15.0 Å². The SMILES string of the molecule is Nc1nc(NCc2ccccc2)[nH]c2ccc3nccc3c12. The lowest BCUT2D eigenvalue weighted by Gasteiger charge is -2.10. The van der Waals surface area contributed by atoms with Crippen molar-refractivity contribution < 1.29 is 0 Å². The summed E-state index contributed by atoms with van der Waals surface area (Å²) in [6, 6.07) is 16.1. The van der Waals surface area contributed by atoms with Gasteiger partial charge in [-0.2, -0.15) is 4.98 Å². The van der Waals surface area contributed by atoms with E-state index in [1.54, 1.807) is 6.20 Å². The third kappa shape index (κ3) is 2.13. The van der Waals surface area contributed by atoms with Crippen molar-refractivity contribution in [1.29, 1.82) is 0 Å². The highest BCUT2D eigenvalue weighted by Gasteiger charge is 2.08. The number of H-pyrrole nitrogens is 1. The molecule has 0 aliphatic carbocycles. The number of nitrogen functional groups attached to an aromatic ring is 1. The molecule has 0 aliphatic heterocycles. The van der Waals surface area contributed by atoms with Gasteiger partial charge in [0.05, 0.1) is 11.0 Å². The van der Waals surface area contributed by atoms with Crippen LogP contribution in [0.25, 0.3) is 21.8 Å². The molecule has 4 N–H and O–H groups in total. The summed E-state index contributed by atoms with van der Waals surface area (Å²) >= 11 is 0. The highest BCUT2D eigenvalue weighted by Crippen LogP contribution is 2.28. The summed E-state index contributed by atoms with van der Waals surface area (Å²) in [7, 11) is 0. The average molecular weight is 289 g/mol. The first-order valence-electron chi connectivity index (χ1n) is 7.12. The Morgan fingerprint density at radius 3 is 2.77 bits per heavy atom. The molecule has 0 atom stereocenters. The molecule has 5 nitrogen and oxygen atoms in total. The van der Waals surface area contributed by atoms with Crippen molar-refractivity contribution in [1.82, 2.24) is 15.0 Å². The molecular weight excluding hydrogens is 274 g/mol. The van der Waals surface area contributed by atoms with E-state index in [1.807, 2.05) is 36.4 Å². The molecule has 5 heteroatoms. The second kappa shape index (κ2) is 5.04. The van der Waals surface area contributed by atoms with E-state index in [9.17, 15) is 0 Å². The van der Waals surface area contributed by atoms with Crippen molar-refractivity contribution in [2.45, 2.75) is 6.54 Å². The number of hydrogen-bond acceptors (Lipinski definition) is 4. The zero-order valence-corrected chi connectivity index (χ0v) is 11.9. The van der Waals surface area contributed by atoms with Gasteiger partial charge < -0.3 is 16.0 Å². The van der Waals surface area contributed by atoms with Crippen LogP contribution in [0.15, 0.2) is 54.7 Å². The minimum Gasteiger partial charge on any atom is -0.383 e. The summed E-state index contributed by atoms with van der Waals surface area (Å²) in [5.41, 5.74) is 9.22. The number of anilines is 2. The molecule has 0 saturated heterocycles. The van der Waals surface area contributed by atoms with Gasteiger partial charge in [0.15, 0.2) is 0 Å². The molecule has 0 saturated carbocycles. The van der Waals surface area contributed by atoms with E-state index in [-0.39, 0.29) is 0 Å². The van der Waals surface area contributed by atoms with Gasteiger partial charge in [0.25, 0.3) is 0 Å². The Balaban J connectivity index is 1.72. The number of fused-ring (bicyclic) bond motifs is 3. The maximum absolute atomic E-state index is 6.15. The van der Waals surface area contributed by atoms with E-state index in [1.165, 1.54) is 5.56 Å². The number of aromatic amines is 1. The first kappa shape index (κ1) is 12.6. The average Bonchev–Trinajstić information content (AvgIpc) is 3.02. The van der Waals surface area contributed by atoms with Crippen LogP contribution in [0.5, 0.6) is 0 Å². The van der Waals surface area contributed by atoms with Gasteiger partial charge in [-0.05, 0) is 23.8 Å². The predicted molar refractivity (Wildman–Crippen MR) is 89.6 cm³/mol. The molecule has 2 aromatic heterocycles. The smallest absolute Gasteiger partial charge is 0.202 e. The third-order valence-electron chi connectivity index (χ3n) is 3.72. The molecule has 0 spiro atoms. The molecule has 0 radical (unpaired) electrons. The minimum absolute atomic E-state index is 0.503. The van der Waals surface area contributed by atoms with Crippen LogP contribution >= 0.6 is 0 Å². The normalized spacial score (nSPS) is 11.1. The summed E-state index contributed by atoms with van der Waals surface area (Å²) in [6.07, 6.45) is 1.78. The highest BCUT2D eigenvalue weighted by molar-refractivity contribution is 6.10. The molecular formula is C17H15N5. The number of hydrogen-bond donors (Lipinski definition) is 3. The molecule has 22 heavy (non-hydrogen) atoms. The predicted octanol–water partition coefficient (Wildman–Crippen LogP) is 3.31. The molecule has 0 amide bonds. The van der Waals surface area contributed by atoms with Gasteiger partial charge in [-0.3, -0.25) is 4.98 Å². The van der Waals surface area contributed by atoms with Crippen molar-refractivity contribution in [2.75, 3.05) is 11.1 Å². The Bertz CT molecular complexity index is 943. The number of aromatic nitrogens is 3. The van der Waals surface area contributed by atoms with Gasteiger partial charge in [-0.15, -0.1) is 0 Å². The molecule has 2 heterocycles. The van der Waals surface area contributed by atoms with E-state index < -0.39 is 0 Å². The summed E-state index contributed by atoms with van der Waals surface area (Å²) in [4.78, 5) is 12.0. The van der Waals surface area contributed by atoms with Crippen LogP contribution in [0.4, 0.5) is 11.8 Å². The molecule has 0 fully saturated rings. The fourth-order valence-electron chi connectivity index (χ4n) is 2.66. The monoisotopic (exact) mass is 289 g/mol. The van der Waals surface area contributed by atoms with Gasteiger partial charge >= 0.3 is 0 Å². The van der Waals surface area contributed by atoms with E-state index in [4.69, 9.17) is 5.73 Å². The second-order valence-electron chi connectivity index (χ2n) is 5.18. The maximum atomic E-state index is 6.15. The lowest BCUT2D eigenvalue weighted by atomic mass is 10.1. The summed E-state index contributed by atoms with van der Waals surface area (Å²) in [5, 5.41) is 5.21. The number of nitrogens with zero attached hydrogens (tertiary/aromatic N) is 2. The quantitative estimate of drug-likeness (QED) is 0.540. The Kier molecular flexibility index (Phi) is 2.89. The molecule has 0 aliphatic rings.